The number of hydrogen-bond donors (Lipinski definition) is 1. The third-order valence-electron chi connectivity index (χ3n) is 8.02. The van der Waals surface area contributed by atoms with E-state index in [0.717, 1.165) is 24.8 Å². The van der Waals surface area contributed by atoms with E-state index in [1.807, 2.05) is 0 Å². The fraction of sp³-hybridized carbons (Fsp3) is 0.727. The molecule has 4 aliphatic carbocycles. The Labute approximate surface area is 145 Å². The van der Waals surface area contributed by atoms with E-state index in [0.29, 0.717) is 30.1 Å². The zero-order valence-electron chi connectivity index (χ0n) is 15.3. The first-order valence-electron chi connectivity index (χ1n) is 9.75. The average molecular weight is 330 g/mol. The predicted molar refractivity (Wildman–Crippen MR) is 96.2 cm³/mol. The molecular weight excluding hydrogens is 299 g/mol. The summed E-state index contributed by atoms with van der Waals surface area (Å²) in [6.07, 6.45) is 13.0. The van der Waals surface area contributed by atoms with Crippen LogP contribution in [0.4, 0.5) is 4.39 Å². The van der Waals surface area contributed by atoms with Gasteiger partial charge in [-0.2, -0.15) is 0 Å². The van der Waals surface area contributed by atoms with Crippen molar-refractivity contribution in [1.29, 1.82) is 0 Å². The number of halogens is 1. The lowest BCUT2D eigenvalue weighted by atomic mass is 9.52. The van der Waals surface area contributed by atoms with Gasteiger partial charge < -0.3 is 5.11 Å². The predicted octanol–water partition coefficient (Wildman–Crippen LogP) is 5.23. The first-order chi connectivity index (χ1) is 11.4. The zero-order valence-corrected chi connectivity index (χ0v) is 15.3. The second-order valence-corrected chi connectivity index (χ2v) is 9.12. The summed E-state index contributed by atoms with van der Waals surface area (Å²) in [5.41, 5.74) is 2.53. The summed E-state index contributed by atoms with van der Waals surface area (Å²) in [5.74, 6) is 2.13. The van der Waals surface area contributed by atoms with Gasteiger partial charge >= 0.3 is 0 Å². The van der Waals surface area contributed by atoms with E-state index < -0.39 is 6.17 Å². The molecule has 24 heavy (non-hydrogen) atoms. The lowest BCUT2D eigenvalue weighted by Gasteiger charge is -2.53. The maximum atomic E-state index is 15.1. The molecule has 4 rings (SSSR count). The molecular formula is C22H31FO. The van der Waals surface area contributed by atoms with E-state index in [4.69, 9.17) is 0 Å². The van der Waals surface area contributed by atoms with E-state index in [9.17, 15) is 5.11 Å². The van der Waals surface area contributed by atoms with Crippen LogP contribution in [0.25, 0.3) is 0 Å². The standard InChI is InChI=1S/C22H31FO/c1-14-12-19-15-13-20(23)18-6-4-5-9-21(18,2)17(15)7-10-22(19,3)16(14)8-11-24/h5-7,9,14-16,19-20,24H,4,8,10-13H2,1-3H3/t14-,15+,16-,19-,20-,21+,22+/m0/s1. The molecule has 0 aromatic heterocycles. The van der Waals surface area contributed by atoms with E-state index >= 15 is 4.39 Å². The van der Waals surface area contributed by atoms with Gasteiger partial charge in [-0.1, -0.05) is 43.7 Å². The van der Waals surface area contributed by atoms with Gasteiger partial charge in [0.05, 0.1) is 0 Å². The summed E-state index contributed by atoms with van der Waals surface area (Å²) in [5, 5.41) is 9.53. The Morgan fingerprint density at radius 1 is 1.21 bits per heavy atom. The van der Waals surface area contributed by atoms with Crippen LogP contribution < -0.4 is 0 Å². The van der Waals surface area contributed by atoms with Crippen LogP contribution >= 0.6 is 0 Å². The van der Waals surface area contributed by atoms with Crippen LogP contribution in [-0.4, -0.2) is 17.9 Å². The molecule has 7 atom stereocenters. The minimum atomic E-state index is -0.795. The lowest BCUT2D eigenvalue weighted by molar-refractivity contribution is 0.0602. The van der Waals surface area contributed by atoms with Crippen LogP contribution in [0.1, 0.15) is 52.9 Å². The van der Waals surface area contributed by atoms with Crippen LogP contribution in [0.2, 0.25) is 0 Å². The van der Waals surface area contributed by atoms with Crippen LogP contribution in [0.5, 0.6) is 0 Å². The van der Waals surface area contributed by atoms with Gasteiger partial charge in [0, 0.05) is 12.0 Å². The minimum absolute atomic E-state index is 0.194. The molecule has 132 valence electrons. The van der Waals surface area contributed by atoms with Crippen molar-refractivity contribution in [3.63, 3.8) is 0 Å². The number of fused-ring (bicyclic) bond motifs is 5. The smallest absolute Gasteiger partial charge is 0.123 e. The maximum absolute atomic E-state index is 15.1. The molecule has 2 saturated carbocycles. The fourth-order valence-electron chi connectivity index (χ4n) is 6.90. The number of allylic oxidation sites excluding steroid dienone is 6. The van der Waals surface area contributed by atoms with Crippen LogP contribution in [0.3, 0.4) is 0 Å². The SMILES string of the molecule is C[C@H]1C[C@H]2[C@@H]3C[C@H](F)C4=CCC=C[C@]4(C)C3=CC[C@]2(C)[C@H]1CCO. The van der Waals surface area contributed by atoms with Crippen molar-refractivity contribution in [2.45, 2.75) is 59.0 Å². The zero-order chi connectivity index (χ0) is 17.1. The molecule has 0 radical (unpaired) electrons. The summed E-state index contributed by atoms with van der Waals surface area (Å²) < 4.78 is 15.1. The molecule has 0 amide bonds. The molecule has 0 aliphatic heterocycles. The minimum Gasteiger partial charge on any atom is -0.396 e. The van der Waals surface area contributed by atoms with Crippen molar-refractivity contribution in [1.82, 2.24) is 0 Å². The first-order valence-corrected chi connectivity index (χ1v) is 9.75. The van der Waals surface area contributed by atoms with E-state index in [1.54, 1.807) is 0 Å². The molecule has 0 heterocycles. The molecule has 4 aliphatic rings. The van der Waals surface area contributed by atoms with Crippen molar-refractivity contribution >= 4 is 0 Å². The Bertz CT molecular complexity index is 617. The van der Waals surface area contributed by atoms with Gasteiger partial charge in [-0.25, -0.2) is 4.39 Å². The van der Waals surface area contributed by atoms with Crippen molar-refractivity contribution in [3.05, 3.63) is 35.5 Å². The average Bonchev–Trinajstić information content (AvgIpc) is 2.80. The first kappa shape index (κ1) is 16.6. The largest absolute Gasteiger partial charge is 0.396 e. The van der Waals surface area contributed by atoms with Gasteiger partial charge in [-0.15, -0.1) is 0 Å². The highest BCUT2D eigenvalue weighted by molar-refractivity contribution is 5.45. The Morgan fingerprint density at radius 3 is 2.75 bits per heavy atom. The quantitative estimate of drug-likeness (QED) is 0.688. The Hall–Kier alpha value is -0.890. The second kappa shape index (κ2) is 5.56. The van der Waals surface area contributed by atoms with Gasteiger partial charge in [0.2, 0.25) is 0 Å². The summed E-state index contributed by atoms with van der Waals surface area (Å²) in [6, 6.07) is 0. The molecule has 2 fully saturated rings. The van der Waals surface area contributed by atoms with Crippen LogP contribution in [0.15, 0.2) is 35.5 Å². The molecule has 0 aromatic rings. The van der Waals surface area contributed by atoms with Gasteiger partial charge in [-0.3, -0.25) is 0 Å². The molecule has 0 bridgehead atoms. The highest BCUT2D eigenvalue weighted by atomic mass is 19.1. The van der Waals surface area contributed by atoms with Gasteiger partial charge in [-0.05, 0) is 73.7 Å². The maximum Gasteiger partial charge on any atom is 0.123 e. The van der Waals surface area contributed by atoms with Crippen LogP contribution in [-0.2, 0) is 0 Å². The molecule has 0 spiro atoms. The summed E-state index contributed by atoms with van der Waals surface area (Å²) >= 11 is 0. The number of hydrogen-bond acceptors (Lipinski definition) is 1. The lowest BCUT2D eigenvalue weighted by Crippen LogP contribution is -2.46. The topological polar surface area (TPSA) is 20.2 Å². The van der Waals surface area contributed by atoms with Gasteiger partial charge in [0.15, 0.2) is 0 Å². The van der Waals surface area contributed by atoms with Crippen molar-refractivity contribution < 1.29 is 9.50 Å². The second-order valence-electron chi connectivity index (χ2n) is 9.12. The monoisotopic (exact) mass is 330 g/mol. The Balaban J connectivity index is 1.76. The summed E-state index contributed by atoms with van der Waals surface area (Å²) in [6.45, 7) is 7.25. The van der Waals surface area contributed by atoms with E-state index in [2.05, 4.69) is 45.1 Å². The summed E-state index contributed by atoms with van der Waals surface area (Å²) in [7, 11) is 0. The number of aliphatic hydroxyl groups excluding tert-OH is 1. The van der Waals surface area contributed by atoms with Gasteiger partial charge in [0.25, 0.3) is 0 Å². The fourth-order valence-corrected chi connectivity index (χ4v) is 6.90. The third-order valence-corrected chi connectivity index (χ3v) is 8.02. The van der Waals surface area contributed by atoms with E-state index in [-0.39, 0.29) is 17.4 Å². The molecule has 2 heteroatoms. The molecule has 0 saturated heterocycles. The van der Waals surface area contributed by atoms with Crippen molar-refractivity contribution in [3.8, 4) is 0 Å². The summed E-state index contributed by atoms with van der Waals surface area (Å²) in [4.78, 5) is 0. The highest BCUT2D eigenvalue weighted by Crippen LogP contribution is 2.65. The van der Waals surface area contributed by atoms with E-state index in [1.165, 1.54) is 12.0 Å². The molecule has 1 nitrogen and oxygen atoms in total. The van der Waals surface area contributed by atoms with Crippen molar-refractivity contribution in [2.24, 2.45) is 34.5 Å². The number of aliphatic hydroxyl groups is 1. The molecule has 0 aromatic carbocycles. The molecule has 0 unspecified atom stereocenters. The molecule has 1 N–H and O–H groups in total. The van der Waals surface area contributed by atoms with Gasteiger partial charge in [0.1, 0.15) is 6.17 Å². The van der Waals surface area contributed by atoms with Crippen LogP contribution in [0, 0.1) is 34.5 Å². The highest BCUT2D eigenvalue weighted by Gasteiger charge is 2.58. The Morgan fingerprint density at radius 2 is 2.00 bits per heavy atom. The Kier molecular flexibility index (Phi) is 3.84. The third kappa shape index (κ3) is 2.08. The number of alkyl halides is 1. The number of rotatable bonds is 2. The van der Waals surface area contributed by atoms with Crippen molar-refractivity contribution in [2.75, 3.05) is 6.61 Å². The normalized spacial score (nSPS) is 49.8.